The Balaban J connectivity index is 3.86. The van der Waals surface area contributed by atoms with E-state index in [0.29, 0.717) is 12.8 Å². The van der Waals surface area contributed by atoms with Crippen LogP contribution in [-0.4, -0.2) is 17.5 Å². The van der Waals surface area contributed by atoms with Crippen LogP contribution >= 0.6 is 0 Å². The molecule has 0 rings (SSSR count). The number of allylic oxidation sites excluding steroid dienone is 5. The number of aliphatic hydroxyl groups is 1. The molecule has 0 saturated heterocycles. The Morgan fingerprint density at radius 1 is 1.16 bits per heavy atom. The lowest BCUT2D eigenvalue weighted by Gasteiger charge is -1.99. The summed E-state index contributed by atoms with van der Waals surface area (Å²) in [4.78, 5) is 10.00. The molecule has 1 N–H and O–H groups in total. The molecule has 0 amide bonds. The van der Waals surface area contributed by atoms with Gasteiger partial charge in [0.05, 0.1) is 6.10 Å². The van der Waals surface area contributed by atoms with Crippen LogP contribution in [0.3, 0.4) is 0 Å². The van der Waals surface area contributed by atoms with Crippen molar-refractivity contribution in [3.63, 3.8) is 0 Å². The highest BCUT2D eigenvalue weighted by Crippen LogP contribution is 1.97. The van der Waals surface area contributed by atoms with Crippen LogP contribution in [0.4, 0.5) is 0 Å². The van der Waals surface area contributed by atoms with E-state index in [1.54, 1.807) is 18.2 Å². The van der Waals surface area contributed by atoms with Gasteiger partial charge in [0.2, 0.25) is 0 Å². The molecule has 2 heteroatoms. The molecular formula is C17H20O2. The quantitative estimate of drug-likeness (QED) is 0.329. The van der Waals surface area contributed by atoms with Gasteiger partial charge in [-0.05, 0) is 24.3 Å². The monoisotopic (exact) mass is 256 g/mol. The summed E-state index contributed by atoms with van der Waals surface area (Å²) < 4.78 is 0. The van der Waals surface area contributed by atoms with Crippen molar-refractivity contribution in [2.75, 3.05) is 0 Å². The zero-order valence-electron chi connectivity index (χ0n) is 11.3. The molecule has 0 aromatic rings. The number of aliphatic hydroxyl groups excluding tert-OH is 1. The standard InChI is InChI=1S/C17H20O2/c1-2-14-17(19)15-12-10-8-6-4-3-5-7-9-11-13-16-18/h4,6,8,10,12,15-17,19H,2,11,13-14H2,1H3/b6-4+,10-8+,15-12+/t17-/m1/s1. The smallest absolute Gasteiger partial charge is 0.120 e. The van der Waals surface area contributed by atoms with Crippen molar-refractivity contribution in [1.82, 2.24) is 0 Å². The Labute approximate surface area is 115 Å². The fourth-order valence-electron chi connectivity index (χ4n) is 1.13. The zero-order valence-corrected chi connectivity index (χ0v) is 11.3. The van der Waals surface area contributed by atoms with E-state index in [2.05, 4.69) is 23.7 Å². The maximum absolute atomic E-state index is 10.00. The number of unbranched alkanes of at least 4 members (excludes halogenated alkanes) is 1. The molecule has 0 aromatic heterocycles. The largest absolute Gasteiger partial charge is 0.389 e. The summed E-state index contributed by atoms with van der Waals surface area (Å²) in [6, 6.07) is 0. The summed E-state index contributed by atoms with van der Waals surface area (Å²) in [5.74, 6) is 10.9. The summed E-state index contributed by atoms with van der Waals surface area (Å²) in [6.07, 6.45) is 14.0. The molecule has 0 aromatic carbocycles. The first kappa shape index (κ1) is 17.0. The maximum atomic E-state index is 10.00. The predicted octanol–water partition coefficient (Wildman–Crippen LogP) is 2.80. The SMILES string of the molecule is CCC[C@@H](O)/C=C/C=C/C=C/C#CC#CCCC=O. The number of carbonyl (C=O) groups is 1. The van der Waals surface area contributed by atoms with Crippen molar-refractivity contribution in [3.05, 3.63) is 36.5 Å². The Kier molecular flexibility index (Phi) is 12.5. The van der Waals surface area contributed by atoms with Crippen molar-refractivity contribution in [2.24, 2.45) is 0 Å². The highest BCUT2D eigenvalue weighted by molar-refractivity contribution is 5.50. The van der Waals surface area contributed by atoms with E-state index in [9.17, 15) is 9.90 Å². The minimum absolute atomic E-state index is 0.361. The highest BCUT2D eigenvalue weighted by Gasteiger charge is 1.92. The zero-order chi connectivity index (χ0) is 14.2. The Morgan fingerprint density at radius 3 is 2.68 bits per heavy atom. The van der Waals surface area contributed by atoms with E-state index < -0.39 is 0 Å². The second kappa shape index (κ2) is 14.0. The highest BCUT2D eigenvalue weighted by atomic mass is 16.3. The van der Waals surface area contributed by atoms with Gasteiger partial charge in [-0.1, -0.05) is 55.6 Å². The lowest BCUT2D eigenvalue weighted by Crippen LogP contribution is -1.99. The van der Waals surface area contributed by atoms with Crippen LogP contribution in [0.2, 0.25) is 0 Å². The molecule has 0 aliphatic rings. The first-order chi connectivity index (χ1) is 9.31. The minimum Gasteiger partial charge on any atom is -0.389 e. The molecule has 0 aliphatic heterocycles. The topological polar surface area (TPSA) is 37.3 Å². The van der Waals surface area contributed by atoms with Gasteiger partial charge in [0.25, 0.3) is 0 Å². The molecule has 0 saturated carbocycles. The van der Waals surface area contributed by atoms with Crippen LogP contribution in [-0.2, 0) is 4.79 Å². The molecular weight excluding hydrogens is 236 g/mol. The van der Waals surface area contributed by atoms with Crippen LogP contribution < -0.4 is 0 Å². The van der Waals surface area contributed by atoms with E-state index in [4.69, 9.17) is 0 Å². The molecule has 100 valence electrons. The van der Waals surface area contributed by atoms with E-state index in [-0.39, 0.29) is 6.10 Å². The summed E-state index contributed by atoms with van der Waals surface area (Å²) in [5.41, 5.74) is 0. The normalized spacial score (nSPS) is 12.1. The number of carbonyl (C=O) groups excluding carboxylic acids is 1. The number of rotatable bonds is 7. The fraction of sp³-hybridized carbons (Fsp3) is 0.353. The third-order valence-corrected chi connectivity index (χ3v) is 2.04. The second-order valence-electron chi connectivity index (χ2n) is 3.76. The van der Waals surface area contributed by atoms with Crippen LogP contribution in [0.1, 0.15) is 32.6 Å². The summed E-state index contributed by atoms with van der Waals surface area (Å²) >= 11 is 0. The third kappa shape index (κ3) is 13.9. The van der Waals surface area contributed by atoms with Crippen molar-refractivity contribution in [1.29, 1.82) is 0 Å². The van der Waals surface area contributed by atoms with Crippen LogP contribution in [0, 0.1) is 23.7 Å². The molecule has 2 nitrogen and oxygen atoms in total. The summed E-state index contributed by atoms with van der Waals surface area (Å²) in [7, 11) is 0. The summed E-state index contributed by atoms with van der Waals surface area (Å²) in [5, 5.41) is 9.41. The number of hydrogen-bond donors (Lipinski definition) is 1. The van der Waals surface area contributed by atoms with Gasteiger partial charge in [0.1, 0.15) is 6.29 Å². The molecule has 0 heterocycles. The first-order valence-corrected chi connectivity index (χ1v) is 6.41. The van der Waals surface area contributed by atoms with E-state index in [1.165, 1.54) is 0 Å². The van der Waals surface area contributed by atoms with E-state index in [0.717, 1.165) is 19.1 Å². The lowest BCUT2D eigenvalue weighted by atomic mass is 10.2. The van der Waals surface area contributed by atoms with Gasteiger partial charge in [-0.25, -0.2) is 0 Å². The number of aldehydes is 1. The molecule has 0 fully saturated rings. The lowest BCUT2D eigenvalue weighted by molar-refractivity contribution is -0.107. The van der Waals surface area contributed by atoms with Gasteiger partial charge in [-0.3, -0.25) is 0 Å². The molecule has 0 spiro atoms. The van der Waals surface area contributed by atoms with Crippen LogP contribution in [0.25, 0.3) is 0 Å². The fourth-order valence-corrected chi connectivity index (χ4v) is 1.13. The van der Waals surface area contributed by atoms with Crippen molar-refractivity contribution < 1.29 is 9.90 Å². The van der Waals surface area contributed by atoms with Crippen molar-refractivity contribution in [3.8, 4) is 23.7 Å². The molecule has 0 radical (unpaired) electrons. The molecule has 0 unspecified atom stereocenters. The number of hydrogen-bond acceptors (Lipinski definition) is 2. The van der Waals surface area contributed by atoms with Gasteiger partial charge in [0, 0.05) is 12.8 Å². The maximum Gasteiger partial charge on any atom is 0.120 e. The minimum atomic E-state index is -0.361. The Morgan fingerprint density at radius 2 is 1.95 bits per heavy atom. The van der Waals surface area contributed by atoms with E-state index >= 15 is 0 Å². The summed E-state index contributed by atoms with van der Waals surface area (Å²) in [6.45, 7) is 2.04. The van der Waals surface area contributed by atoms with E-state index in [1.807, 2.05) is 25.2 Å². The Hall–Kier alpha value is -2.03. The van der Waals surface area contributed by atoms with Crippen molar-refractivity contribution in [2.45, 2.75) is 38.7 Å². The first-order valence-electron chi connectivity index (χ1n) is 6.41. The second-order valence-corrected chi connectivity index (χ2v) is 3.76. The Bertz CT molecular complexity index is 433. The predicted molar refractivity (Wildman–Crippen MR) is 79.2 cm³/mol. The van der Waals surface area contributed by atoms with Gasteiger partial charge in [-0.2, -0.15) is 0 Å². The average Bonchev–Trinajstić information content (AvgIpc) is 2.40. The third-order valence-electron chi connectivity index (χ3n) is 2.04. The molecule has 0 aliphatic carbocycles. The van der Waals surface area contributed by atoms with Gasteiger partial charge in [0.15, 0.2) is 0 Å². The van der Waals surface area contributed by atoms with Crippen LogP contribution in [0.5, 0.6) is 0 Å². The van der Waals surface area contributed by atoms with Gasteiger partial charge < -0.3 is 9.90 Å². The van der Waals surface area contributed by atoms with Crippen molar-refractivity contribution >= 4 is 6.29 Å². The molecule has 1 atom stereocenters. The van der Waals surface area contributed by atoms with Gasteiger partial charge >= 0.3 is 0 Å². The van der Waals surface area contributed by atoms with Crippen LogP contribution in [0.15, 0.2) is 36.5 Å². The average molecular weight is 256 g/mol. The van der Waals surface area contributed by atoms with Gasteiger partial charge in [-0.15, -0.1) is 0 Å². The molecule has 19 heavy (non-hydrogen) atoms. The molecule has 0 bridgehead atoms.